The number of amides is 1. The summed E-state index contributed by atoms with van der Waals surface area (Å²) in [6.45, 7) is 1.16. The van der Waals surface area contributed by atoms with E-state index in [1.165, 1.54) is 0 Å². The number of halogens is 1. The van der Waals surface area contributed by atoms with Gasteiger partial charge in [-0.2, -0.15) is 0 Å². The van der Waals surface area contributed by atoms with Crippen molar-refractivity contribution in [1.29, 1.82) is 0 Å². The molecule has 1 amide bonds. The summed E-state index contributed by atoms with van der Waals surface area (Å²) in [6.07, 6.45) is 1.93. The SMILES string of the molecule is COc1ccc(OC)c([C@H]2CCCN2CN2C(=O)C(=O)c3cc(Cl)ccc32)c1. The number of Topliss-reactive ketones (excluding diaryl/α,β-unsaturated/α-hetero) is 1. The van der Waals surface area contributed by atoms with E-state index in [9.17, 15) is 9.59 Å². The fourth-order valence-corrected chi connectivity index (χ4v) is 4.21. The Bertz CT molecular complexity index is 946. The van der Waals surface area contributed by atoms with Crippen molar-refractivity contribution in [2.45, 2.75) is 18.9 Å². The van der Waals surface area contributed by atoms with E-state index in [4.69, 9.17) is 21.1 Å². The van der Waals surface area contributed by atoms with E-state index < -0.39 is 11.7 Å². The van der Waals surface area contributed by atoms with Gasteiger partial charge in [0.15, 0.2) is 0 Å². The molecule has 28 heavy (non-hydrogen) atoms. The van der Waals surface area contributed by atoms with Gasteiger partial charge in [0, 0.05) is 23.2 Å². The van der Waals surface area contributed by atoms with Gasteiger partial charge in [0.1, 0.15) is 11.5 Å². The van der Waals surface area contributed by atoms with Crippen LogP contribution in [0.1, 0.15) is 34.8 Å². The Kier molecular flexibility index (Phi) is 5.00. The number of ether oxygens (including phenoxy) is 2. The number of hydrogen-bond acceptors (Lipinski definition) is 5. The molecule has 2 aliphatic rings. The summed E-state index contributed by atoms with van der Waals surface area (Å²) in [5.74, 6) is 0.525. The molecule has 1 atom stereocenters. The lowest BCUT2D eigenvalue weighted by atomic mass is 10.0. The Balaban J connectivity index is 1.64. The molecule has 2 heterocycles. The summed E-state index contributed by atoms with van der Waals surface area (Å²) < 4.78 is 10.9. The van der Waals surface area contributed by atoms with Crippen LogP contribution < -0.4 is 14.4 Å². The predicted octanol–water partition coefficient (Wildman–Crippen LogP) is 3.68. The van der Waals surface area contributed by atoms with Crippen LogP contribution in [0.2, 0.25) is 5.02 Å². The molecule has 0 saturated carbocycles. The molecule has 7 heteroatoms. The lowest BCUT2D eigenvalue weighted by Gasteiger charge is -2.30. The standard InChI is InChI=1S/C21H21ClN2O4/c1-27-14-6-8-19(28-2)15(11-14)17-4-3-9-23(17)12-24-18-7-5-13(22)10-16(18)20(25)21(24)26/h5-8,10-11,17H,3-4,9,12H2,1-2H3/t17-/m1/s1. The summed E-state index contributed by atoms with van der Waals surface area (Å²) in [4.78, 5) is 28.7. The monoisotopic (exact) mass is 400 g/mol. The minimum atomic E-state index is -0.513. The third-order valence-electron chi connectivity index (χ3n) is 5.42. The number of rotatable bonds is 5. The minimum Gasteiger partial charge on any atom is -0.497 e. The van der Waals surface area contributed by atoms with Gasteiger partial charge >= 0.3 is 5.91 Å². The number of nitrogens with zero attached hydrogens (tertiary/aromatic N) is 2. The summed E-state index contributed by atoms with van der Waals surface area (Å²) in [5, 5.41) is 0.446. The van der Waals surface area contributed by atoms with Crippen LogP contribution in [0.5, 0.6) is 11.5 Å². The Morgan fingerprint density at radius 3 is 2.68 bits per heavy atom. The van der Waals surface area contributed by atoms with Crippen molar-refractivity contribution >= 4 is 29.0 Å². The molecule has 2 aromatic carbocycles. The minimum absolute atomic E-state index is 0.0734. The molecule has 4 rings (SSSR count). The van der Waals surface area contributed by atoms with E-state index in [1.54, 1.807) is 37.3 Å². The van der Waals surface area contributed by atoms with Gasteiger partial charge in [-0.3, -0.25) is 19.4 Å². The van der Waals surface area contributed by atoms with Crippen LogP contribution in [0, 0.1) is 0 Å². The number of likely N-dealkylation sites (tertiary alicyclic amines) is 1. The molecule has 0 radical (unpaired) electrons. The maximum Gasteiger partial charge on any atom is 0.300 e. The van der Waals surface area contributed by atoms with Crippen LogP contribution in [-0.2, 0) is 4.79 Å². The van der Waals surface area contributed by atoms with Crippen molar-refractivity contribution in [3.63, 3.8) is 0 Å². The molecule has 0 aliphatic carbocycles. The number of fused-ring (bicyclic) bond motifs is 1. The summed E-state index contributed by atoms with van der Waals surface area (Å²) in [7, 11) is 3.28. The molecule has 0 aromatic heterocycles. The lowest BCUT2D eigenvalue weighted by molar-refractivity contribution is -0.114. The van der Waals surface area contributed by atoms with Gasteiger partial charge in [-0.1, -0.05) is 11.6 Å². The van der Waals surface area contributed by atoms with Crippen LogP contribution in [0.15, 0.2) is 36.4 Å². The van der Waals surface area contributed by atoms with E-state index in [0.29, 0.717) is 22.9 Å². The second-order valence-corrected chi connectivity index (χ2v) is 7.38. The average molecular weight is 401 g/mol. The molecule has 0 spiro atoms. The Morgan fingerprint density at radius 2 is 1.93 bits per heavy atom. The highest BCUT2D eigenvalue weighted by Gasteiger charge is 2.39. The van der Waals surface area contributed by atoms with Gasteiger partial charge in [0.2, 0.25) is 0 Å². The zero-order valence-corrected chi connectivity index (χ0v) is 16.5. The van der Waals surface area contributed by atoms with E-state index in [1.807, 2.05) is 18.2 Å². The van der Waals surface area contributed by atoms with E-state index in [2.05, 4.69) is 4.90 Å². The number of methoxy groups -OCH3 is 2. The fraction of sp³-hybridized carbons (Fsp3) is 0.333. The van der Waals surface area contributed by atoms with Crippen molar-refractivity contribution in [2.75, 3.05) is 32.3 Å². The van der Waals surface area contributed by atoms with E-state index in [0.717, 1.165) is 36.4 Å². The zero-order chi connectivity index (χ0) is 19.8. The average Bonchev–Trinajstić information content (AvgIpc) is 3.26. The topological polar surface area (TPSA) is 59.1 Å². The molecule has 2 aliphatic heterocycles. The molecule has 0 bridgehead atoms. The normalized spacial score (nSPS) is 19.2. The van der Waals surface area contributed by atoms with Gasteiger partial charge in [-0.05, 0) is 49.2 Å². The van der Waals surface area contributed by atoms with Gasteiger partial charge in [0.05, 0.1) is 32.1 Å². The van der Waals surface area contributed by atoms with Crippen LogP contribution >= 0.6 is 11.6 Å². The lowest BCUT2D eigenvalue weighted by Crippen LogP contribution is -2.40. The third-order valence-corrected chi connectivity index (χ3v) is 5.65. The number of benzene rings is 2. The maximum absolute atomic E-state index is 12.6. The highest BCUT2D eigenvalue weighted by atomic mass is 35.5. The maximum atomic E-state index is 12.6. The van der Waals surface area contributed by atoms with Crippen LogP contribution in [0.25, 0.3) is 0 Å². The number of hydrogen-bond donors (Lipinski definition) is 0. The molecular formula is C21H21ClN2O4. The van der Waals surface area contributed by atoms with Crippen molar-refractivity contribution in [1.82, 2.24) is 4.90 Å². The molecule has 1 saturated heterocycles. The van der Waals surface area contributed by atoms with Crippen LogP contribution in [0.4, 0.5) is 5.69 Å². The largest absolute Gasteiger partial charge is 0.497 e. The zero-order valence-electron chi connectivity index (χ0n) is 15.8. The predicted molar refractivity (Wildman–Crippen MR) is 106 cm³/mol. The number of carbonyl (C=O) groups excluding carboxylic acids is 2. The van der Waals surface area contributed by atoms with E-state index >= 15 is 0 Å². The number of ketones is 1. The molecule has 6 nitrogen and oxygen atoms in total. The second-order valence-electron chi connectivity index (χ2n) is 6.94. The molecular weight excluding hydrogens is 380 g/mol. The second kappa shape index (κ2) is 7.45. The smallest absolute Gasteiger partial charge is 0.300 e. The number of anilines is 1. The van der Waals surface area contributed by atoms with Crippen molar-refractivity contribution < 1.29 is 19.1 Å². The first-order valence-electron chi connectivity index (χ1n) is 9.15. The van der Waals surface area contributed by atoms with Crippen LogP contribution in [0.3, 0.4) is 0 Å². The first-order chi connectivity index (χ1) is 13.5. The fourth-order valence-electron chi connectivity index (χ4n) is 4.04. The summed E-state index contributed by atoms with van der Waals surface area (Å²) >= 11 is 6.00. The third kappa shape index (κ3) is 3.12. The highest BCUT2D eigenvalue weighted by Crippen LogP contribution is 2.40. The van der Waals surface area contributed by atoms with Gasteiger partial charge in [0.25, 0.3) is 5.78 Å². The Labute approximate surface area is 168 Å². The van der Waals surface area contributed by atoms with Crippen LogP contribution in [-0.4, -0.2) is 44.0 Å². The molecule has 0 N–H and O–H groups in total. The van der Waals surface area contributed by atoms with Gasteiger partial charge in [-0.25, -0.2) is 0 Å². The first-order valence-corrected chi connectivity index (χ1v) is 9.53. The van der Waals surface area contributed by atoms with E-state index in [-0.39, 0.29) is 6.04 Å². The van der Waals surface area contributed by atoms with Crippen molar-refractivity contribution in [3.05, 3.63) is 52.5 Å². The highest BCUT2D eigenvalue weighted by molar-refractivity contribution is 6.52. The number of carbonyl (C=O) groups is 2. The van der Waals surface area contributed by atoms with Crippen molar-refractivity contribution in [2.24, 2.45) is 0 Å². The first kappa shape index (κ1) is 18.8. The van der Waals surface area contributed by atoms with Crippen molar-refractivity contribution in [3.8, 4) is 11.5 Å². The molecule has 1 fully saturated rings. The van der Waals surface area contributed by atoms with Gasteiger partial charge < -0.3 is 9.47 Å². The quantitative estimate of drug-likeness (QED) is 0.716. The summed E-state index contributed by atoms with van der Waals surface area (Å²) in [5.41, 5.74) is 2.00. The Morgan fingerprint density at radius 1 is 1.11 bits per heavy atom. The molecule has 146 valence electrons. The molecule has 0 unspecified atom stereocenters. The summed E-state index contributed by atoms with van der Waals surface area (Å²) in [6, 6.07) is 10.8. The Hall–Kier alpha value is -2.57. The molecule has 2 aromatic rings. The van der Waals surface area contributed by atoms with Gasteiger partial charge in [-0.15, -0.1) is 0 Å².